The Kier molecular flexibility index (Phi) is 6.61. The fraction of sp³-hybridized carbons (Fsp3) is 0.550. The van der Waals surface area contributed by atoms with Crippen molar-refractivity contribution in [2.45, 2.75) is 33.2 Å². The molecule has 1 aromatic heterocycles. The highest BCUT2D eigenvalue weighted by atomic mass is 32.2. The molecule has 0 saturated carbocycles. The van der Waals surface area contributed by atoms with Gasteiger partial charge < -0.3 is 15.1 Å². The van der Waals surface area contributed by atoms with Crippen molar-refractivity contribution in [1.29, 1.82) is 0 Å². The molecule has 7 nitrogen and oxygen atoms in total. The first-order valence-corrected chi connectivity index (χ1v) is 11.7. The molecule has 3 rings (SSSR count). The average molecular weight is 407 g/mol. The molecule has 2 N–H and O–H groups in total. The van der Waals surface area contributed by atoms with Crippen LogP contribution < -0.4 is 10.6 Å². The minimum absolute atomic E-state index is 0.440. The minimum atomic E-state index is -3.08. The van der Waals surface area contributed by atoms with Crippen LogP contribution in [-0.2, 0) is 16.6 Å². The minimum Gasteiger partial charge on any atom is -0.459 e. The molecule has 1 aliphatic rings. The van der Waals surface area contributed by atoms with Crippen molar-refractivity contribution in [2.75, 3.05) is 32.4 Å². The van der Waals surface area contributed by atoms with Gasteiger partial charge in [0.15, 0.2) is 5.96 Å². The van der Waals surface area contributed by atoms with Crippen molar-refractivity contribution in [3.8, 4) is 0 Å². The number of hydrogen-bond acceptors (Lipinski definition) is 4. The molecule has 2 aromatic rings. The number of rotatable bonds is 6. The van der Waals surface area contributed by atoms with Gasteiger partial charge in [0.2, 0.25) is 10.0 Å². The molecule has 1 fully saturated rings. The largest absolute Gasteiger partial charge is 0.459 e. The summed E-state index contributed by atoms with van der Waals surface area (Å²) in [6.07, 6.45) is 3.01. The lowest BCUT2D eigenvalue weighted by molar-refractivity contribution is 0.275. The molecule has 0 atom stereocenters. The second-order valence-corrected chi connectivity index (χ2v) is 9.31. The summed E-state index contributed by atoms with van der Waals surface area (Å²) in [5, 5.41) is 7.79. The maximum absolute atomic E-state index is 11.6. The number of para-hydroxylation sites is 1. The molecular weight excluding hydrogens is 376 g/mol. The van der Waals surface area contributed by atoms with Crippen molar-refractivity contribution in [3.63, 3.8) is 0 Å². The zero-order chi connectivity index (χ0) is 20.1. The topological polar surface area (TPSA) is 86.9 Å². The van der Waals surface area contributed by atoms with Crippen molar-refractivity contribution in [3.05, 3.63) is 35.6 Å². The molecule has 0 amide bonds. The van der Waals surface area contributed by atoms with Gasteiger partial charge in [0.05, 0.1) is 6.26 Å². The molecule has 154 valence electrons. The summed E-state index contributed by atoms with van der Waals surface area (Å²) in [7, 11) is -3.08. The summed E-state index contributed by atoms with van der Waals surface area (Å²) in [6.45, 7) is 7.32. The van der Waals surface area contributed by atoms with E-state index in [9.17, 15) is 8.42 Å². The number of guanidine groups is 1. The Morgan fingerprint density at radius 2 is 1.96 bits per heavy atom. The van der Waals surface area contributed by atoms with Crippen LogP contribution in [-0.4, -0.2) is 51.1 Å². The summed E-state index contributed by atoms with van der Waals surface area (Å²) in [5.74, 6) is 2.07. The highest BCUT2D eigenvalue weighted by Crippen LogP contribution is 2.25. The van der Waals surface area contributed by atoms with Crippen LogP contribution in [0.5, 0.6) is 0 Å². The molecule has 0 bridgehead atoms. The average Bonchev–Trinajstić information content (AvgIpc) is 3.00. The third-order valence-corrected chi connectivity index (χ3v) is 6.57. The predicted octanol–water partition coefficient (Wildman–Crippen LogP) is 2.47. The lowest BCUT2D eigenvalue weighted by atomic mass is 9.98. The summed E-state index contributed by atoms with van der Waals surface area (Å²) in [4.78, 5) is 4.67. The van der Waals surface area contributed by atoms with Gasteiger partial charge in [-0.3, -0.25) is 0 Å². The SMILES string of the molecule is CCNC(=NCc1oc2ccccc2c1C)NCC1CCN(S(C)(=O)=O)CC1. The maximum atomic E-state index is 11.6. The number of piperidine rings is 1. The van der Waals surface area contributed by atoms with Gasteiger partial charge in [-0.2, -0.15) is 0 Å². The molecule has 1 aliphatic heterocycles. The molecule has 0 spiro atoms. The van der Waals surface area contributed by atoms with E-state index in [1.807, 2.05) is 25.1 Å². The molecule has 0 radical (unpaired) electrons. The first kappa shape index (κ1) is 20.7. The van der Waals surface area contributed by atoms with Gasteiger partial charge in [-0.05, 0) is 38.7 Å². The lowest BCUT2D eigenvalue weighted by Crippen LogP contribution is -2.44. The first-order valence-electron chi connectivity index (χ1n) is 9.82. The van der Waals surface area contributed by atoms with Gasteiger partial charge in [0, 0.05) is 37.1 Å². The Hall–Kier alpha value is -2.06. The van der Waals surface area contributed by atoms with E-state index in [-0.39, 0.29) is 0 Å². The van der Waals surface area contributed by atoms with Crippen molar-refractivity contribution in [1.82, 2.24) is 14.9 Å². The number of nitrogens with zero attached hydrogens (tertiary/aromatic N) is 2. The molecule has 28 heavy (non-hydrogen) atoms. The van der Waals surface area contributed by atoms with Gasteiger partial charge >= 0.3 is 0 Å². The zero-order valence-corrected chi connectivity index (χ0v) is 17.7. The quantitative estimate of drug-likeness (QED) is 0.568. The van der Waals surface area contributed by atoms with E-state index in [0.717, 1.165) is 54.2 Å². The third kappa shape index (κ3) is 5.05. The third-order valence-electron chi connectivity index (χ3n) is 5.27. The van der Waals surface area contributed by atoms with E-state index in [1.165, 1.54) is 6.26 Å². The molecule has 0 unspecified atom stereocenters. The van der Waals surface area contributed by atoms with Crippen LogP contribution in [0.2, 0.25) is 0 Å². The number of hydrogen-bond donors (Lipinski definition) is 2. The van der Waals surface area contributed by atoms with Crippen molar-refractivity contribution < 1.29 is 12.8 Å². The fourth-order valence-electron chi connectivity index (χ4n) is 3.55. The zero-order valence-electron chi connectivity index (χ0n) is 16.9. The van der Waals surface area contributed by atoms with Crippen LogP contribution >= 0.6 is 0 Å². The molecule has 1 aromatic carbocycles. The first-order chi connectivity index (χ1) is 13.4. The number of sulfonamides is 1. The number of nitrogens with one attached hydrogen (secondary N) is 2. The Labute approximate surface area is 167 Å². The van der Waals surface area contributed by atoms with Gasteiger partial charge in [0.1, 0.15) is 17.9 Å². The Bertz CT molecular complexity index is 928. The van der Waals surface area contributed by atoms with Crippen molar-refractivity contribution >= 4 is 27.0 Å². The van der Waals surface area contributed by atoms with E-state index in [2.05, 4.69) is 28.6 Å². The fourth-order valence-corrected chi connectivity index (χ4v) is 4.43. The van der Waals surface area contributed by atoms with E-state index < -0.39 is 10.0 Å². The molecular formula is C20H30N4O3S. The lowest BCUT2D eigenvalue weighted by Gasteiger charge is -2.30. The highest BCUT2D eigenvalue weighted by molar-refractivity contribution is 7.88. The second-order valence-electron chi connectivity index (χ2n) is 7.33. The van der Waals surface area contributed by atoms with Gasteiger partial charge in [-0.15, -0.1) is 0 Å². The summed E-state index contributed by atoms with van der Waals surface area (Å²) in [5.41, 5.74) is 2.02. The van der Waals surface area contributed by atoms with Crippen LogP contribution in [0.25, 0.3) is 11.0 Å². The standard InChI is InChI=1S/C20H30N4O3S/c1-4-21-20(22-13-16-9-11-24(12-10-16)28(3,25)26)23-14-19-15(2)17-7-5-6-8-18(17)27-19/h5-8,16H,4,9-14H2,1-3H3,(H2,21,22,23). The smallest absolute Gasteiger partial charge is 0.211 e. The van der Waals surface area contributed by atoms with Crippen LogP contribution in [0.3, 0.4) is 0 Å². The Balaban J connectivity index is 1.58. The molecule has 8 heteroatoms. The molecule has 2 heterocycles. The number of fused-ring (bicyclic) bond motifs is 1. The van der Waals surface area contributed by atoms with E-state index in [1.54, 1.807) is 4.31 Å². The normalized spacial score (nSPS) is 17.2. The second kappa shape index (κ2) is 8.96. The van der Waals surface area contributed by atoms with Gasteiger partial charge in [-0.25, -0.2) is 17.7 Å². The number of aryl methyl sites for hydroxylation is 1. The summed E-state index contributed by atoms with van der Waals surface area (Å²) < 4.78 is 30.8. The van der Waals surface area contributed by atoms with E-state index in [0.29, 0.717) is 25.6 Å². The van der Waals surface area contributed by atoms with Crippen LogP contribution in [0, 0.1) is 12.8 Å². The summed E-state index contributed by atoms with van der Waals surface area (Å²) >= 11 is 0. The van der Waals surface area contributed by atoms with Gasteiger partial charge in [0.25, 0.3) is 0 Å². The summed E-state index contributed by atoms with van der Waals surface area (Å²) in [6, 6.07) is 8.02. The Morgan fingerprint density at radius 1 is 1.25 bits per heavy atom. The van der Waals surface area contributed by atoms with Crippen LogP contribution in [0.1, 0.15) is 31.1 Å². The highest BCUT2D eigenvalue weighted by Gasteiger charge is 2.24. The number of furan rings is 1. The van der Waals surface area contributed by atoms with Crippen LogP contribution in [0.4, 0.5) is 0 Å². The van der Waals surface area contributed by atoms with Gasteiger partial charge in [-0.1, -0.05) is 18.2 Å². The number of aliphatic imine (C=N–C) groups is 1. The molecule has 1 saturated heterocycles. The predicted molar refractivity (Wildman–Crippen MR) is 113 cm³/mol. The van der Waals surface area contributed by atoms with E-state index >= 15 is 0 Å². The Morgan fingerprint density at radius 3 is 2.61 bits per heavy atom. The van der Waals surface area contributed by atoms with E-state index in [4.69, 9.17) is 4.42 Å². The maximum Gasteiger partial charge on any atom is 0.211 e. The van der Waals surface area contributed by atoms with Crippen molar-refractivity contribution in [2.24, 2.45) is 10.9 Å². The monoisotopic (exact) mass is 406 g/mol. The van der Waals surface area contributed by atoms with Crippen LogP contribution in [0.15, 0.2) is 33.7 Å². The number of benzene rings is 1. The molecule has 0 aliphatic carbocycles.